The number of fused-ring (bicyclic) bond motifs is 1. The lowest BCUT2D eigenvalue weighted by atomic mass is 9.90. The Morgan fingerprint density at radius 2 is 2.12 bits per heavy atom. The first kappa shape index (κ1) is 11.6. The molecule has 90 valence electrons. The Labute approximate surface area is 99.9 Å². The number of carbonyl (C=O) groups is 2. The third kappa shape index (κ3) is 2.02. The first-order valence-electron chi connectivity index (χ1n) is 5.58. The molecule has 0 aliphatic carbocycles. The average molecular weight is 233 g/mol. The maximum absolute atomic E-state index is 11.5. The van der Waals surface area contributed by atoms with Crippen LogP contribution in [0, 0.1) is 6.92 Å². The summed E-state index contributed by atoms with van der Waals surface area (Å²) in [4.78, 5) is 24.1. The Kier molecular flexibility index (Phi) is 2.88. The summed E-state index contributed by atoms with van der Waals surface area (Å²) >= 11 is 0. The SMILES string of the molecule is CC(=O)N1Cc2cccc(C)c2C[C@@H]1C(=O)O. The van der Waals surface area contributed by atoms with E-state index >= 15 is 0 Å². The van der Waals surface area contributed by atoms with Gasteiger partial charge in [0.05, 0.1) is 0 Å². The standard InChI is InChI=1S/C13H15NO3/c1-8-4-3-5-10-7-14(9(2)15)12(13(16)17)6-11(8)10/h3-5,12H,6-7H2,1-2H3,(H,16,17)/t12-/m1/s1. The maximum Gasteiger partial charge on any atom is 0.326 e. The smallest absolute Gasteiger partial charge is 0.326 e. The van der Waals surface area contributed by atoms with Crippen molar-refractivity contribution in [2.75, 3.05) is 0 Å². The van der Waals surface area contributed by atoms with E-state index in [0.29, 0.717) is 13.0 Å². The number of aliphatic carboxylic acids is 1. The van der Waals surface area contributed by atoms with E-state index in [0.717, 1.165) is 16.7 Å². The zero-order valence-corrected chi connectivity index (χ0v) is 9.93. The molecule has 0 aromatic heterocycles. The quantitative estimate of drug-likeness (QED) is 0.796. The predicted molar refractivity (Wildman–Crippen MR) is 62.5 cm³/mol. The number of carboxylic acid groups (broad SMARTS) is 1. The molecular weight excluding hydrogens is 218 g/mol. The normalized spacial score (nSPS) is 18.7. The van der Waals surface area contributed by atoms with Gasteiger partial charge in [0.25, 0.3) is 0 Å². The fraction of sp³-hybridized carbons (Fsp3) is 0.385. The Hall–Kier alpha value is -1.84. The first-order valence-corrected chi connectivity index (χ1v) is 5.58. The second-order valence-corrected chi connectivity index (χ2v) is 4.42. The minimum Gasteiger partial charge on any atom is -0.480 e. The molecule has 1 atom stereocenters. The van der Waals surface area contributed by atoms with Gasteiger partial charge in [-0.05, 0) is 23.6 Å². The third-order valence-electron chi connectivity index (χ3n) is 3.31. The van der Waals surface area contributed by atoms with Crippen molar-refractivity contribution < 1.29 is 14.7 Å². The zero-order chi connectivity index (χ0) is 12.6. The highest BCUT2D eigenvalue weighted by Crippen LogP contribution is 2.26. The fourth-order valence-electron chi connectivity index (χ4n) is 2.35. The maximum atomic E-state index is 11.5. The zero-order valence-electron chi connectivity index (χ0n) is 9.93. The highest BCUT2D eigenvalue weighted by molar-refractivity contribution is 5.83. The molecule has 17 heavy (non-hydrogen) atoms. The lowest BCUT2D eigenvalue weighted by molar-refractivity contribution is -0.150. The molecule has 0 bridgehead atoms. The van der Waals surface area contributed by atoms with Gasteiger partial charge in [-0.15, -0.1) is 0 Å². The number of carboxylic acids is 1. The third-order valence-corrected chi connectivity index (χ3v) is 3.31. The predicted octanol–water partition coefficient (Wildman–Crippen LogP) is 1.35. The average Bonchev–Trinajstić information content (AvgIpc) is 2.27. The fourth-order valence-corrected chi connectivity index (χ4v) is 2.35. The van der Waals surface area contributed by atoms with Gasteiger partial charge in [0, 0.05) is 19.9 Å². The summed E-state index contributed by atoms with van der Waals surface area (Å²) < 4.78 is 0. The molecule has 0 saturated carbocycles. The second kappa shape index (κ2) is 4.20. The number of amides is 1. The highest BCUT2D eigenvalue weighted by Gasteiger charge is 2.33. The minimum atomic E-state index is -0.936. The van der Waals surface area contributed by atoms with Gasteiger partial charge in [-0.1, -0.05) is 18.2 Å². The van der Waals surface area contributed by atoms with Gasteiger partial charge >= 0.3 is 5.97 Å². The molecule has 1 aliphatic heterocycles. The summed E-state index contributed by atoms with van der Waals surface area (Å²) in [6, 6.07) is 5.13. The molecule has 0 saturated heterocycles. The van der Waals surface area contributed by atoms with Crippen LogP contribution in [0.1, 0.15) is 23.6 Å². The molecule has 0 fully saturated rings. The van der Waals surface area contributed by atoms with Crippen molar-refractivity contribution >= 4 is 11.9 Å². The van der Waals surface area contributed by atoms with Crippen molar-refractivity contribution in [2.24, 2.45) is 0 Å². The lowest BCUT2D eigenvalue weighted by Gasteiger charge is -2.34. The van der Waals surface area contributed by atoms with Gasteiger partial charge in [-0.3, -0.25) is 4.79 Å². The van der Waals surface area contributed by atoms with Crippen molar-refractivity contribution in [2.45, 2.75) is 32.9 Å². The second-order valence-electron chi connectivity index (χ2n) is 4.42. The van der Waals surface area contributed by atoms with Gasteiger partial charge in [-0.2, -0.15) is 0 Å². The van der Waals surface area contributed by atoms with Crippen molar-refractivity contribution in [3.05, 3.63) is 34.9 Å². The van der Waals surface area contributed by atoms with E-state index < -0.39 is 12.0 Å². The topological polar surface area (TPSA) is 57.6 Å². The number of hydrogen-bond acceptors (Lipinski definition) is 2. The molecule has 0 radical (unpaired) electrons. The molecule has 1 aliphatic rings. The lowest BCUT2D eigenvalue weighted by Crippen LogP contribution is -2.47. The van der Waals surface area contributed by atoms with E-state index in [1.165, 1.54) is 11.8 Å². The summed E-state index contributed by atoms with van der Waals surface area (Å²) in [5.74, 6) is -1.13. The van der Waals surface area contributed by atoms with Crippen molar-refractivity contribution in [1.82, 2.24) is 4.90 Å². The Morgan fingerprint density at radius 1 is 1.41 bits per heavy atom. The summed E-state index contributed by atoms with van der Waals surface area (Å²) in [7, 11) is 0. The van der Waals surface area contributed by atoms with Gasteiger partial charge in [0.2, 0.25) is 5.91 Å². The van der Waals surface area contributed by atoms with Crippen LogP contribution < -0.4 is 0 Å². The van der Waals surface area contributed by atoms with Crippen LogP contribution in [0.4, 0.5) is 0 Å². The largest absolute Gasteiger partial charge is 0.480 e. The number of benzene rings is 1. The molecule has 0 spiro atoms. The monoisotopic (exact) mass is 233 g/mol. The van der Waals surface area contributed by atoms with Gasteiger partial charge in [0.1, 0.15) is 6.04 Å². The van der Waals surface area contributed by atoms with Crippen LogP contribution in [0.25, 0.3) is 0 Å². The number of hydrogen-bond donors (Lipinski definition) is 1. The summed E-state index contributed by atoms with van der Waals surface area (Å²) in [6.45, 7) is 3.78. The van der Waals surface area contributed by atoms with E-state index in [-0.39, 0.29) is 5.91 Å². The minimum absolute atomic E-state index is 0.190. The van der Waals surface area contributed by atoms with Gasteiger partial charge in [-0.25, -0.2) is 4.79 Å². The van der Waals surface area contributed by atoms with E-state index in [4.69, 9.17) is 0 Å². The van der Waals surface area contributed by atoms with Crippen molar-refractivity contribution in [3.8, 4) is 0 Å². The number of nitrogens with zero attached hydrogens (tertiary/aromatic N) is 1. The van der Waals surface area contributed by atoms with Crippen LogP contribution in [0.15, 0.2) is 18.2 Å². The van der Waals surface area contributed by atoms with Gasteiger partial charge < -0.3 is 10.0 Å². The molecule has 1 N–H and O–H groups in total. The molecule has 4 heteroatoms. The van der Waals surface area contributed by atoms with E-state index in [1.54, 1.807) is 0 Å². The highest BCUT2D eigenvalue weighted by atomic mass is 16.4. The van der Waals surface area contributed by atoms with E-state index in [9.17, 15) is 14.7 Å². The van der Waals surface area contributed by atoms with Crippen LogP contribution in [0.5, 0.6) is 0 Å². The molecule has 1 amide bonds. The summed E-state index contributed by atoms with van der Waals surface area (Å²) in [6.07, 6.45) is 0.400. The van der Waals surface area contributed by atoms with E-state index in [1.807, 2.05) is 25.1 Å². The summed E-state index contributed by atoms with van der Waals surface area (Å²) in [5.41, 5.74) is 3.21. The molecule has 1 aromatic carbocycles. The van der Waals surface area contributed by atoms with Crippen LogP contribution in [0.2, 0.25) is 0 Å². The molecular formula is C13H15NO3. The number of carbonyl (C=O) groups excluding carboxylic acids is 1. The van der Waals surface area contributed by atoms with Crippen LogP contribution in [0.3, 0.4) is 0 Å². The summed E-state index contributed by atoms with van der Waals surface area (Å²) in [5, 5.41) is 9.18. The Morgan fingerprint density at radius 3 is 2.71 bits per heavy atom. The molecule has 1 heterocycles. The Balaban J connectivity index is 2.43. The molecule has 2 rings (SSSR count). The van der Waals surface area contributed by atoms with Crippen LogP contribution >= 0.6 is 0 Å². The van der Waals surface area contributed by atoms with Crippen LogP contribution in [-0.4, -0.2) is 27.9 Å². The van der Waals surface area contributed by atoms with E-state index in [2.05, 4.69) is 0 Å². The first-order chi connectivity index (χ1) is 8.00. The van der Waals surface area contributed by atoms with Crippen molar-refractivity contribution in [1.29, 1.82) is 0 Å². The van der Waals surface area contributed by atoms with Crippen LogP contribution in [-0.2, 0) is 22.6 Å². The number of aryl methyl sites for hydroxylation is 1. The van der Waals surface area contributed by atoms with Crippen molar-refractivity contribution in [3.63, 3.8) is 0 Å². The molecule has 0 unspecified atom stereocenters. The Bertz CT molecular complexity index is 482. The molecule has 4 nitrogen and oxygen atoms in total. The van der Waals surface area contributed by atoms with Gasteiger partial charge in [0.15, 0.2) is 0 Å². The number of rotatable bonds is 1. The molecule has 1 aromatic rings.